The average molecular weight is 399 g/mol. The second kappa shape index (κ2) is 7.97. The van der Waals surface area contributed by atoms with E-state index in [0.29, 0.717) is 20.9 Å². The van der Waals surface area contributed by atoms with E-state index in [1.807, 2.05) is 24.3 Å². The van der Waals surface area contributed by atoms with Crippen molar-refractivity contribution in [2.75, 3.05) is 26.7 Å². The monoisotopic (exact) mass is 398 g/mol. The molecule has 0 bridgehead atoms. The molecular weight excluding hydrogens is 372 g/mol. The maximum absolute atomic E-state index is 13.3. The van der Waals surface area contributed by atoms with Gasteiger partial charge in [-0.1, -0.05) is 24.6 Å². The molecule has 0 amide bonds. The summed E-state index contributed by atoms with van der Waals surface area (Å²) in [6.07, 6.45) is 5.59. The Morgan fingerprint density at radius 2 is 1.71 bits per heavy atom. The highest BCUT2D eigenvalue weighted by atomic mass is 32.2. The Hall–Kier alpha value is -2.31. The molecule has 0 aliphatic carbocycles. The quantitative estimate of drug-likeness (QED) is 0.630. The van der Waals surface area contributed by atoms with Gasteiger partial charge in [0.25, 0.3) is 0 Å². The van der Waals surface area contributed by atoms with E-state index in [2.05, 4.69) is 9.47 Å². The molecule has 0 radical (unpaired) electrons. The molecular formula is C22H26N2O3S. The summed E-state index contributed by atoms with van der Waals surface area (Å²) in [6, 6.07) is 14.3. The lowest BCUT2D eigenvalue weighted by molar-refractivity contribution is 0.221. The number of likely N-dealkylation sites (tertiary alicyclic amines) is 1. The molecule has 2 aromatic carbocycles. The fourth-order valence-corrected chi connectivity index (χ4v) is 5.42. The van der Waals surface area contributed by atoms with Gasteiger partial charge in [-0.15, -0.1) is 0 Å². The van der Waals surface area contributed by atoms with Crippen molar-refractivity contribution in [3.05, 3.63) is 54.7 Å². The van der Waals surface area contributed by atoms with Gasteiger partial charge in [-0.3, -0.25) is 0 Å². The number of ether oxygens (including phenoxy) is 1. The van der Waals surface area contributed by atoms with Crippen LogP contribution in [0.1, 0.15) is 19.3 Å². The van der Waals surface area contributed by atoms with Gasteiger partial charge in [0.15, 0.2) is 0 Å². The third kappa shape index (κ3) is 3.66. The molecule has 5 nitrogen and oxygen atoms in total. The first kappa shape index (κ1) is 19.0. The van der Waals surface area contributed by atoms with E-state index in [9.17, 15) is 8.42 Å². The SMILES string of the molecule is COc1ccc2c(c1)c(S(=O)(=O)c1ccccc1)cn2CCN1CCCCC1. The summed E-state index contributed by atoms with van der Waals surface area (Å²) in [4.78, 5) is 3.11. The smallest absolute Gasteiger partial charge is 0.208 e. The zero-order chi connectivity index (χ0) is 19.6. The number of nitrogens with zero attached hydrogens (tertiary/aromatic N) is 2. The summed E-state index contributed by atoms with van der Waals surface area (Å²) in [6.45, 7) is 3.96. The lowest BCUT2D eigenvalue weighted by Crippen LogP contribution is -2.32. The number of benzene rings is 2. The number of sulfone groups is 1. The lowest BCUT2D eigenvalue weighted by atomic mass is 10.1. The molecule has 4 rings (SSSR count). The second-order valence-corrected chi connectivity index (χ2v) is 9.21. The van der Waals surface area contributed by atoms with Crippen LogP contribution in [-0.2, 0) is 16.4 Å². The first-order valence-electron chi connectivity index (χ1n) is 9.79. The molecule has 1 fully saturated rings. The molecule has 3 aromatic rings. The van der Waals surface area contributed by atoms with Crippen LogP contribution in [0.25, 0.3) is 10.9 Å². The minimum atomic E-state index is -3.60. The van der Waals surface area contributed by atoms with Gasteiger partial charge in [-0.05, 0) is 56.3 Å². The lowest BCUT2D eigenvalue weighted by Gasteiger charge is -2.26. The van der Waals surface area contributed by atoms with Crippen LogP contribution in [0.3, 0.4) is 0 Å². The van der Waals surface area contributed by atoms with Crippen molar-refractivity contribution in [2.24, 2.45) is 0 Å². The maximum Gasteiger partial charge on any atom is 0.208 e. The summed E-state index contributed by atoms with van der Waals surface area (Å²) in [5, 5.41) is 0.710. The highest BCUT2D eigenvalue weighted by Crippen LogP contribution is 2.32. The molecule has 0 atom stereocenters. The molecule has 2 heterocycles. The number of piperidine rings is 1. The van der Waals surface area contributed by atoms with Gasteiger partial charge in [-0.2, -0.15) is 0 Å². The van der Waals surface area contributed by atoms with Gasteiger partial charge in [0.05, 0.1) is 16.9 Å². The van der Waals surface area contributed by atoms with Crippen LogP contribution in [0.5, 0.6) is 5.75 Å². The van der Waals surface area contributed by atoms with E-state index in [-0.39, 0.29) is 0 Å². The molecule has 0 spiro atoms. The van der Waals surface area contributed by atoms with Crippen LogP contribution in [-0.4, -0.2) is 44.6 Å². The van der Waals surface area contributed by atoms with Crippen LogP contribution in [0.4, 0.5) is 0 Å². The van der Waals surface area contributed by atoms with Crippen molar-refractivity contribution in [2.45, 2.75) is 35.6 Å². The van der Waals surface area contributed by atoms with Crippen LogP contribution in [0.2, 0.25) is 0 Å². The second-order valence-electron chi connectivity index (χ2n) is 7.29. The van der Waals surface area contributed by atoms with Crippen molar-refractivity contribution in [1.29, 1.82) is 0 Å². The summed E-state index contributed by atoms with van der Waals surface area (Å²) < 4.78 is 34.0. The number of fused-ring (bicyclic) bond motifs is 1. The molecule has 0 N–H and O–H groups in total. The topological polar surface area (TPSA) is 51.5 Å². The Morgan fingerprint density at radius 3 is 2.43 bits per heavy atom. The van der Waals surface area contributed by atoms with E-state index in [1.54, 1.807) is 37.6 Å². The summed E-state index contributed by atoms with van der Waals surface area (Å²) in [7, 11) is -2.01. The standard InChI is InChI=1S/C22H26N2O3S/c1-27-18-10-11-21-20(16-18)22(28(25,26)19-8-4-2-5-9-19)17-24(21)15-14-23-12-6-3-7-13-23/h2,4-5,8-11,16-17H,3,6-7,12-15H2,1H3. The first-order chi connectivity index (χ1) is 13.6. The van der Waals surface area contributed by atoms with Crippen molar-refractivity contribution < 1.29 is 13.2 Å². The number of methoxy groups -OCH3 is 1. The van der Waals surface area contributed by atoms with Crippen LogP contribution in [0.15, 0.2) is 64.5 Å². The summed E-state index contributed by atoms with van der Waals surface area (Å²) in [5.74, 6) is 0.658. The minimum Gasteiger partial charge on any atom is -0.497 e. The van der Waals surface area contributed by atoms with E-state index in [4.69, 9.17) is 4.74 Å². The van der Waals surface area contributed by atoms with Crippen molar-refractivity contribution in [1.82, 2.24) is 9.47 Å². The Morgan fingerprint density at radius 1 is 0.964 bits per heavy atom. The third-order valence-corrected chi connectivity index (χ3v) is 7.30. The molecule has 1 aromatic heterocycles. The Balaban J connectivity index is 1.75. The number of aromatic nitrogens is 1. The zero-order valence-electron chi connectivity index (χ0n) is 16.2. The zero-order valence-corrected chi connectivity index (χ0v) is 17.0. The van der Waals surface area contributed by atoms with E-state index >= 15 is 0 Å². The van der Waals surface area contributed by atoms with Crippen LogP contribution < -0.4 is 4.74 Å². The largest absolute Gasteiger partial charge is 0.497 e. The van der Waals surface area contributed by atoms with Gasteiger partial charge in [0.2, 0.25) is 9.84 Å². The van der Waals surface area contributed by atoms with Gasteiger partial charge in [0.1, 0.15) is 5.75 Å². The van der Waals surface area contributed by atoms with Crippen LogP contribution in [0, 0.1) is 0 Å². The fourth-order valence-electron chi connectivity index (χ4n) is 3.93. The van der Waals surface area contributed by atoms with Crippen molar-refractivity contribution in [3.63, 3.8) is 0 Å². The third-order valence-electron chi connectivity index (χ3n) is 5.50. The average Bonchev–Trinajstić information content (AvgIpc) is 3.12. The van der Waals surface area contributed by atoms with Gasteiger partial charge in [-0.25, -0.2) is 8.42 Å². The highest BCUT2D eigenvalue weighted by molar-refractivity contribution is 7.91. The van der Waals surface area contributed by atoms with E-state index in [0.717, 1.165) is 31.7 Å². The first-order valence-corrected chi connectivity index (χ1v) is 11.3. The van der Waals surface area contributed by atoms with Crippen molar-refractivity contribution >= 4 is 20.7 Å². The molecule has 1 aliphatic heterocycles. The number of rotatable bonds is 6. The molecule has 0 unspecified atom stereocenters. The van der Waals surface area contributed by atoms with Gasteiger partial charge >= 0.3 is 0 Å². The van der Waals surface area contributed by atoms with Gasteiger partial charge < -0.3 is 14.2 Å². The Labute approximate surface area is 166 Å². The fraction of sp³-hybridized carbons (Fsp3) is 0.364. The normalized spacial score (nSPS) is 15.8. The van der Waals surface area contributed by atoms with Gasteiger partial charge in [0, 0.05) is 30.2 Å². The summed E-state index contributed by atoms with van der Waals surface area (Å²) in [5.41, 5.74) is 0.923. The molecule has 1 aliphatic rings. The predicted molar refractivity (Wildman–Crippen MR) is 111 cm³/mol. The van der Waals surface area contributed by atoms with E-state index in [1.165, 1.54) is 19.3 Å². The molecule has 148 valence electrons. The molecule has 28 heavy (non-hydrogen) atoms. The van der Waals surface area contributed by atoms with Crippen molar-refractivity contribution in [3.8, 4) is 5.75 Å². The number of hydrogen-bond acceptors (Lipinski definition) is 4. The minimum absolute atomic E-state index is 0.313. The summed E-state index contributed by atoms with van der Waals surface area (Å²) >= 11 is 0. The molecule has 1 saturated heterocycles. The Kier molecular flexibility index (Phi) is 5.42. The molecule has 0 saturated carbocycles. The number of hydrogen-bond donors (Lipinski definition) is 0. The highest BCUT2D eigenvalue weighted by Gasteiger charge is 2.24. The molecule has 6 heteroatoms. The predicted octanol–water partition coefficient (Wildman–Crippen LogP) is 3.97. The Bertz CT molecular complexity index is 1050. The van der Waals surface area contributed by atoms with Crippen LogP contribution >= 0.6 is 0 Å². The van der Waals surface area contributed by atoms with E-state index < -0.39 is 9.84 Å². The maximum atomic E-state index is 13.3.